The summed E-state index contributed by atoms with van der Waals surface area (Å²) in [6, 6.07) is -0.815. The van der Waals surface area contributed by atoms with Gasteiger partial charge in [0.1, 0.15) is 10.4 Å². The monoisotopic (exact) mass is 247 g/mol. The fourth-order valence-corrected chi connectivity index (χ4v) is 2.60. The van der Waals surface area contributed by atoms with E-state index in [1.807, 2.05) is 13.8 Å². The molecule has 0 aromatic carbocycles. The van der Waals surface area contributed by atoms with E-state index in [1.54, 1.807) is 0 Å². The Labute approximate surface area is 98.0 Å². The first-order chi connectivity index (χ1) is 6.99. The molecule has 0 bridgehead atoms. The van der Waals surface area contributed by atoms with Crippen LogP contribution < -0.4 is 0 Å². The summed E-state index contributed by atoms with van der Waals surface area (Å²) in [7, 11) is 0. The molecule has 0 aromatic rings. The predicted molar refractivity (Wildman–Crippen MR) is 62.8 cm³/mol. The number of amides is 1. The van der Waals surface area contributed by atoms with E-state index in [4.69, 9.17) is 17.3 Å². The molecule has 0 radical (unpaired) electrons. The Morgan fingerprint density at radius 1 is 1.73 bits per heavy atom. The van der Waals surface area contributed by atoms with E-state index in [9.17, 15) is 9.59 Å². The summed E-state index contributed by atoms with van der Waals surface area (Å²) < 4.78 is 0.382. The molecular weight excluding hydrogens is 234 g/mol. The summed E-state index contributed by atoms with van der Waals surface area (Å²) in [6.07, 6.45) is 0.702. The SMILES string of the molecule is CC[C@H](C)[C@H](C(=O)O)N1C(=O)CSC1=S. The number of aliphatic carboxylic acids is 1. The Bertz CT molecular complexity index is 290. The van der Waals surface area contributed by atoms with Crippen molar-refractivity contribution in [2.75, 3.05) is 5.75 Å². The maximum Gasteiger partial charge on any atom is 0.327 e. The van der Waals surface area contributed by atoms with E-state index >= 15 is 0 Å². The van der Waals surface area contributed by atoms with Gasteiger partial charge < -0.3 is 5.11 Å². The molecule has 0 unspecified atom stereocenters. The Morgan fingerprint density at radius 2 is 2.33 bits per heavy atom. The smallest absolute Gasteiger partial charge is 0.327 e. The Hall–Kier alpha value is -0.620. The number of carboxylic acids is 1. The molecule has 1 rings (SSSR count). The average Bonchev–Trinajstić information content (AvgIpc) is 2.49. The lowest BCUT2D eigenvalue weighted by Gasteiger charge is -2.27. The van der Waals surface area contributed by atoms with Gasteiger partial charge in [-0.3, -0.25) is 9.69 Å². The van der Waals surface area contributed by atoms with Crippen LogP contribution in [0.5, 0.6) is 0 Å². The molecule has 4 nitrogen and oxygen atoms in total. The second-order valence-electron chi connectivity index (χ2n) is 3.49. The molecule has 0 aromatic heterocycles. The number of thioether (sulfide) groups is 1. The molecule has 15 heavy (non-hydrogen) atoms. The van der Waals surface area contributed by atoms with Crippen molar-refractivity contribution < 1.29 is 14.7 Å². The van der Waals surface area contributed by atoms with Gasteiger partial charge in [-0.15, -0.1) is 0 Å². The summed E-state index contributed by atoms with van der Waals surface area (Å²) in [4.78, 5) is 23.9. The highest BCUT2D eigenvalue weighted by molar-refractivity contribution is 8.23. The lowest BCUT2D eigenvalue weighted by atomic mass is 9.98. The number of carboxylic acid groups (broad SMARTS) is 1. The van der Waals surface area contributed by atoms with Crippen LogP contribution in [0, 0.1) is 5.92 Å². The highest BCUT2D eigenvalue weighted by Gasteiger charge is 2.39. The summed E-state index contributed by atoms with van der Waals surface area (Å²) in [6.45, 7) is 3.72. The molecule has 1 amide bonds. The normalized spacial score (nSPS) is 20.5. The van der Waals surface area contributed by atoms with Crippen LogP contribution in [0.2, 0.25) is 0 Å². The van der Waals surface area contributed by atoms with Gasteiger partial charge in [0.05, 0.1) is 5.75 Å². The molecular formula is C9H13NO3S2. The van der Waals surface area contributed by atoms with Gasteiger partial charge in [0, 0.05) is 0 Å². The Kier molecular flexibility index (Phi) is 4.10. The first-order valence-corrected chi connectivity index (χ1v) is 6.10. The molecule has 0 spiro atoms. The van der Waals surface area contributed by atoms with Crippen LogP contribution >= 0.6 is 24.0 Å². The van der Waals surface area contributed by atoms with Crippen molar-refractivity contribution in [3.8, 4) is 0 Å². The number of hydrogen-bond donors (Lipinski definition) is 1. The Balaban J connectivity index is 2.93. The maximum absolute atomic E-state index is 11.5. The van der Waals surface area contributed by atoms with Crippen LogP contribution in [0.3, 0.4) is 0 Å². The molecule has 0 saturated carbocycles. The van der Waals surface area contributed by atoms with Crippen molar-refractivity contribution >= 4 is 40.2 Å². The molecule has 1 aliphatic heterocycles. The van der Waals surface area contributed by atoms with Gasteiger partial charge in [0.15, 0.2) is 0 Å². The molecule has 1 heterocycles. The van der Waals surface area contributed by atoms with E-state index in [2.05, 4.69) is 0 Å². The third-order valence-electron chi connectivity index (χ3n) is 2.50. The van der Waals surface area contributed by atoms with Gasteiger partial charge in [-0.1, -0.05) is 44.2 Å². The van der Waals surface area contributed by atoms with E-state index in [1.165, 1.54) is 16.7 Å². The molecule has 1 saturated heterocycles. The fourth-order valence-electron chi connectivity index (χ4n) is 1.46. The van der Waals surface area contributed by atoms with E-state index in [0.717, 1.165) is 0 Å². The summed E-state index contributed by atoms with van der Waals surface area (Å²) in [5, 5.41) is 9.11. The van der Waals surface area contributed by atoms with Crippen molar-refractivity contribution in [3.05, 3.63) is 0 Å². The second kappa shape index (κ2) is 4.94. The van der Waals surface area contributed by atoms with Crippen LogP contribution in [0.25, 0.3) is 0 Å². The lowest BCUT2D eigenvalue weighted by molar-refractivity contribution is -0.147. The average molecular weight is 247 g/mol. The van der Waals surface area contributed by atoms with Crippen LogP contribution in [0.15, 0.2) is 0 Å². The highest BCUT2D eigenvalue weighted by atomic mass is 32.2. The molecule has 2 atom stereocenters. The van der Waals surface area contributed by atoms with Gasteiger partial charge >= 0.3 is 5.97 Å². The summed E-state index contributed by atoms with van der Waals surface area (Å²) in [5.41, 5.74) is 0. The van der Waals surface area contributed by atoms with Crippen molar-refractivity contribution in [2.24, 2.45) is 5.92 Å². The summed E-state index contributed by atoms with van der Waals surface area (Å²) >= 11 is 6.22. The molecule has 1 aliphatic rings. The zero-order valence-corrected chi connectivity index (χ0v) is 10.2. The maximum atomic E-state index is 11.5. The van der Waals surface area contributed by atoms with Crippen LogP contribution in [0.1, 0.15) is 20.3 Å². The number of nitrogens with zero attached hydrogens (tertiary/aromatic N) is 1. The van der Waals surface area contributed by atoms with Crippen LogP contribution in [0.4, 0.5) is 0 Å². The van der Waals surface area contributed by atoms with Crippen molar-refractivity contribution in [2.45, 2.75) is 26.3 Å². The van der Waals surface area contributed by atoms with Crippen molar-refractivity contribution in [1.82, 2.24) is 4.90 Å². The number of thiocarbonyl (C=S) groups is 1. The minimum Gasteiger partial charge on any atom is -0.480 e. The van der Waals surface area contributed by atoms with Gasteiger partial charge in [0.25, 0.3) is 0 Å². The predicted octanol–water partition coefficient (Wildman–Crippen LogP) is 1.35. The van der Waals surface area contributed by atoms with E-state index in [-0.39, 0.29) is 17.6 Å². The van der Waals surface area contributed by atoms with Crippen molar-refractivity contribution in [3.63, 3.8) is 0 Å². The highest BCUT2D eigenvalue weighted by Crippen LogP contribution is 2.26. The molecule has 1 N–H and O–H groups in total. The number of carbonyl (C=O) groups is 2. The molecule has 6 heteroatoms. The second-order valence-corrected chi connectivity index (χ2v) is 5.10. The van der Waals surface area contributed by atoms with Gasteiger partial charge in [0.2, 0.25) is 5.91 Å². The number of hydrogen-bond acceptors (Lipinski definition) is 4. The number of carbonyl (C=O) groups excluding carboxylic acids is 1. The van der Waals surface area contributed by atoms with E-state index < -0.39 is 12.0 Å². The standard InChI is InChI=1S/C9H13NO3S2/c1-3-5(2)7(8(12)13)10-6(11)4-15-9(10)14/h5,7H,3-4H2,1-2H3,(H,12,13)/t5-,7+/m0/s1. The topological polar surface area (TPSA) is 57.6 Å². The first kappa shape index (κ1) is 12.4. The molecule has 84 valence electrons. The summed E-state index contributed by atoms with van der Waals surface area (Å²) in [5.74, 6) is -1.01. The molecule has 1 fully saturated rings. The zero-order chi connectivity index (χ0) is 11.6. The molecule has 0 aliphatic carbocycles. The minimum atomic E-state index is -0.984. The van der Waals surface area contributed by atoms with Crippen LogP contribution in [-0.4, -0.2) is 38.0 Å². The third kappa shape index (κ3) is 2.49. The lowest BCUT2D eigenvalue weighted by Crippen LogP contribution is -2.47. The van der Waals surface area contributed by atoms with Gasteiger partial charge in [-0.05, 0) is 5.92 Å². The van der Waals surface area contributed by atoms with Gasteiger partial charge in [-0.2, -0.15) is 0 Å². The third-order valence-corrected chi connectivity index (χ3v) is 3.88. The van der Waals surface area contributed by atoms with E-state index in [0.29, 0.717) is 10.7 Å². The minimum absolute atomic E-state index is 0.0944. The largest absolute Gasteiger partial charge is 0.480 e. The fraction of sp³-hybridized carbons (Fsp3) is 0.667. The zero-order valence-electron chi connectivity index (χ0n) is 8.60. The quantitative estimate of drug-likeness (QED) is 0.760. The first-order valence-electron chi connectivity index (χ1n) is 4.70. The Morgan fingerprint density at radius 3 is 2.67 bits per heavy atom. The number of rotatable bonds is 4. The van der Waals surface area contributed by atoms with Crippen LogP contribution in [-0.2, 0) is 9.59 Å². The van der Waals surface area contributed by atoms with Gasteiger partial charge in [-0.25, -0.2) is 4.79 Å². The van der Waals surface area contributed by atoms with Crippen molar-refractivity contribution in [1.29, 1.82) is 0 Å².